The van der Waals surface area contributed by atoms with Gasteiger partial charge in [-0.3, -0.25) is 19.8 Å². The van der Waals surface area contributed by atoms with Crippen LogP contribution in [0.3, 0.4) is 0 Å². The zero-order chi connectivity index (χ0) is 12.8. The second-order valence-corrected chi connectivity index (χ2v) is 3.55. The fourth-order valence-corrected chi connectivity index (χ4v) is 1.35. The summed E-state index contributed by atoms with van der Waals surface area (Å²) in [6, 6.07) is 10.7. The second kappa shape index (κ2) is 5.62. The summed E-state index contributed by atoms with van der Waals surface area (Å²) >= 11 is 0. The van der Waals surface area contributed by atoms with E-state index < -0.39 is 11.2 Å². The van der Waals surface area contributed by atoms with E-state index >= 15 is 0 Å². The van der Waals surface area contributed by atoms with Gasteiger partial charge in [-0.25, -0.2) is 4.79 Å². The van der Waals surface area contributed by atoms with Crippen LogP contribution in [0.25, 0.3) is 0 Å². The van der Waals surface area contributed by atoms with Crippen LogP contribution in [0.5, 0.6) is 0 Å². The standard InChI is InChI=1S/C12H12N4O2/c17-11-6-8-16(12(18)14-11)9-7-13-15-10-4-2-1-3-5-10/h1-8,15H,9H2,(H,14,17,18). The molecular weight excluding hydrogens is 232 g/mol. The van der Waals surface area contributed by atoms with Crippen molar-refractivity contribution < 1.29 is 0 Å². The summed E-state index contributed by atoms with van der Waals surface area (Å²) in [7, 11) is 0. The van der Waals surface area contributed by atoms with Gasteiger partial charge in [0.15, 0.2) is 0 Å². The minimum absolute atomic E-state index is 0.287. The molecule has 2 N–H and O–H groups in total. The van der Waals surface area contributed by atoms with E-state index in [2.05, 4.69) is 15.5 Å². The van der Waals surface area contributed by atoms with Crippen LogP contribution < -0.4 is 16.7 Å². The van der Waals surface area contributed by atoms with E-state index in [0.717, 1.165) is 5.69 Å². The molecule has 0 amide bonds. The van der Waals surface area contributed by atoms with Crippen molar-refractivity contribution in [3.63, 3.8) is 0 Å². The molecule has 0 unspecified atom stereocenters. The second-order valence-electron chi connectivity index (χ2n) is 3.55. The van der Waals surface area contributed by atoms with Crippen molar-refractivity contribution in [1.29, 1.82) is 0 Å². The van der Waals surface area contributed by atoms with Crippen molar-refractivity contribution in [3.8, 4) is 0 Å². The number of benzene rings is 1. The Kier molecular flexibility index (Phi) is 3.70. The van der Waals surface area contributed by atoms with Crippen molar-refractivity contribution >= 4 is 11.9 Å². The molecule has 0 aliphatic rings. The Balaban J connectivity index is 1.95. The summed E-state index contributed by atoms with van der Waals surface area (Å²) in [5, 5.41) is 3.97. The molecular formula is C12H12N4O2. The van der Waals surface area contributed by atoms with E-state index in [-0.39, 0.29) is 6.54 Å². The number of nitrogens with zero attached hydrogens (tertiary/aromatic N) is 2. The maximum Gasteiger partial charge on any atom is 0.328 e. The highest BCUT2D eigenvalue weighted by Gasteiger charge is 1.93. The molecule has 18 heavy (non-hydrogen) atoms. The van der Waals surface area contributed by atoms with Crippen LogP contribution in [0, 0.1) is 0 Å². The van der Waals surface area contributed by atoms with E-state index in [4.69, 9.17) is 0 Å². The zero-order valence-corrected chi connectivity index (χ0v) is 9.54. The average molecular weight is 244 g/mol. The molecule has 0 bridgehead atoms. The predicted octanol–water partition coefficient (Wildman–Crippen LogP) is 0.634. The first kappa shape index (κ1) is 11.8. The predicted molar refractivity (Wildman–Crippen MR) is 69.9 cm³/mol. The molecule has 1 heterocycles. The van der Waals surface area contributed by atoms with Crippen LogP contribution in [0.4, 0.5) is 5.69 Å². The first-order chi connectivity index (χ1) is 8.75. The molecule has 1 aromatic heterocycles. The summed E-state index contributed by atoms with van der Waals surface area (Å²) in [6.07, 6.45) is 2.97. The van der Waals surface area contributed by atoms with Gasteiger partial charge in [-0.05, 0) is 12.1 Å². The number of hydrazone groups is 1. The molecule has 0 saturated heterocycles. The van der Waals surface area contributed by atoms with Crippen LogP contribution in [0.2, 0.25) is 0 Å². The van der Waals surface area contributed by atoms with E-state index in [1.807, 2.05) is 30.3 Å². The van der Waals surface area contributed by atoms with E-state index in [1.54, 1.807) is 6.21 Å². The molecule has 0 radical (unpaired) electrons. The van der Waals surface area contributed by atoms with Gasteiger partial charge in [0.2, 0.25) is 0 Å². The molecule has 0 saturated carbocycles. The van der Waals surface area contributed by atoms with Gasteiger partial charge in [0.05, 0.1) is 12.2 Å². The smallest absolute Gasteiger partial charge is 0.295 e. The SMILES string of the molecule is O=c1ccn(CC=NNc2ccccc2)c(=O)[nH]1. The number of aromatic amines is 1. The first-order valence-electron chi connectivity index (χ1n) is 5.38. The third-order valence-electron chi connectivity index (χ3n) is 2.23. The largest absolute Gasteiger partial charge is 0.328 e. The molecule has 2 aromatic rings. The summed E-state index contributed by atoms with van der Waals surface area (Å²) in [5.41, 5.74) is 2.83. The van der Waals surface area contributed by atoms with Crippen molar-refractivity contribution in [2.75, 3.05) is 5.43 Å². The molecule has 0 fully saturated rings. The van der Waals surface area contributed by atoms with Crippen LogP contribution in [0.15, 0.2) is 57.3 Å². The summed E-state index contributed by atoms with van der Waals surface area (Å²) in [4.78, 5) is 24.3. The van der Waals surface area contributed by atoms with E-state index in [1.165, 1.54) is 16.8 Å². The lowest BCUT2D eigenvalue weighted by Crippen LogP contribution is -2.28. The third-order valence-corrected chi connectivity index (χ3v) is 2.23. The molecule has 6 heteroatoms. The van der Waals surface area contributed by atoms with Crippen LogP contribution in [-0.2, 0) is 6.54 Å². The van der Waals surface area contributed by atoms with Crippen LogP contribution >= 0.6 is 0 Å². The molecule has 0 aliphatic heterocycles. The lowest BCUT2D eigenvalue weighted by Gasteiger charge is -2.00. The quantitative estimate of drug-likeness (QED) is 0.611. The Bertz CT molecular complexity index is 643. The van der Waals surface area contributed by atoms with Crippen molar-refractivity contribution in [3.05, 3.63) is 63.4 Å². The van der Waals surface area contributed by atoms with Gasteiger partial charge in [0.25, 0.3) is 5.56 Å². The van der Waals surface area contributed by atoms with Gasteiger partial charge in [-0.15, -0.1) is 0 Å². The fourth-order valence-electron chi connectivity index (χ4n) is 1.35. The normalized spacial score (nSPS) is 10.7. The van der Waals surface area contributed by atoms with Crippen molar-refractivity contribution in [2.24, 2.45) is 5.10 Å². The van der Waals surface area contributed by atoms with Crippen molar-refractivity contribution in [2.45, 2.75) is 6.54 Å². The number of H-pyrrole nitrogens is 1. The first-order valence-corrected chi connectivity index (χ1v) is 5.38. The van der Waals surface area contributed by atoms with Gasteiger partial charge >= 0.3 is 5.69 Å². The van der Waals surface area contributed by atoms with Gasteiger partial charge in [-0.1, -0.05) is 18.2 Å². The van der Waals surface area contributed by atoms with E-state index in [0.29, 0.717) is 0 Å². The van der Waals surface area contributed by atoms with Crippen LogP contribution in [0.1, 0.15) is 0 Å². The fraction of sp³-hybridized carbons (Fsp3) is 0.0833. The molecule has 6 nitrogen and oxygen atoms in total. The minimum atomic E-state index is -0.450. The number of hydrogen-bond donors (Lipinski definition) is 2. The Morgan fingerprint density at radius 2 is 2.00 bits per heavy atom. The molecule has 0 aliphatic carbocycles. The number of aromatic nitrogens is 2. The Morgan fingerprint density at radius 1 is 1.22 bits per heavy atom. The molecule has 1 aromatic carbocycles. The Labute approximate surface area is 103 Å². The highest BCUT2D eigenvalue weighted by molar-refractivity contribution is 5.59. The molecule has 92 valence electrons. The summed E-state index contributed by atoms with van der Waals surface area (Å²) in [5.74, 6) is 0. The number of hydrogen-bond acceptors (Lipinski definition) is 4. The average Bonchev–Trinajstić information content (AvgIpc) is 2.38. The highest BCUT2D eigenvalue weighted by Crippen LogP contribution is 2.03. The van der Waals surface area contributed by atoms with Gasteiger partial charge in [0.1, 0.15) is 0 Å². The number of para-hydroxylation sites is 1. The minimum Gasteiger partial charge on any atom is -0.295 e. The topological polar surface area (TPSA) is 79.2 Å². The van der Waals surface area contributed by atoms with Gasteiger partial charge < -0.3 is 0 Å². The maximum absolute atomic E-state index is 11.3. The number of anilines is 1. The number of nitrogens with one attached hydrogen (secondary N) is 2. The van der Waals surface area contributed by atoms with Gasteiger partial charge in [0, 0.05) is 18.5 Å². The van der Waals surface area contributed by atoms with E-state index in [9.17, 15) is 9.59 Å². The third kappa shape index (κ3) is 3.18. The van der Waals surface area contributed by atoms with Crippen molar-refractivity contribution in [1.82, 2.24) is 9.55 Å². The monoisotopic (exact) mass is 244 g/mol. The Morgan fingerprint density at radius 3 is 2.72 bits per heavy atom. The molecule has 0 spiro atoms. The lowest BCUT2D eigenvalue weighted by molar-refractivity contribution is 0.764. The molecule has 0 atom stereocenters. The highest BCUT2D eigenvalue weighted by atomic mass is 16.2. The maximum atomic E-state index is 11.3. The van der Waals surface area contributed by atoms with Gasteiger partial charge in [-0.2, -0.15) is 5.10 Å². The molecule has 2 rings (SSSR count). The summed E-state index contributed by atoms with van der Waals surface area (Å²) < 4.78 is 1.34. The lowest BCUT2D eigenvalue weighted by atomic mass is 10.3. The summed E-state index contributed by atoms with van der Waals surface area (Å²) in [6.45, 7) is 0.287. The number of rotatable bonds is 4. The van der Waals surface area contributed by atoms with Crippen LogP contribution in [-0.4, -0.2) is 15.8 Å². The zero-order valence-electron chi connectivity index (χ0n) is 9.54. The Hall–Kier alpha value is -2.63.